The maximum absolute atomic E-state index is 11.6. The lowest BCUT2D eigenvalue weighted by atomic mass is 10.1. The van der Waals surface area contributed by atoms with Crippen molar-refractivity contribution in [1.29, 1.82) is 0 Å². The van der Waals surface area contributed by atoms with Crippen LogP contribution in [0.25, 0.3) is 10.2 Å². The minimum Gasteiger partial charge on any atom is -0.506 e. The average Bonchev–Trinajstić information content (AvgIpc) is 3.12. The molecule has 5 N–H and O–H groups in total. The van der Waals surface area contributed by atoms with Gasteiger partial charge in [0.2, 0.25) is 0 Å². The first-order valence-corrected chi connectivity index (χ1v) is 10.8. The lowest BCUT2D eigenvalue weighted by Crippen LogP contribution is -2.32. The summed E-state index contributed by atoms with van der Waals surface area (Å²) in [6.45, 7) is 4.18. The van der Waals surface area contributed by atoms with E-state index in [2.05, 4.69) is 40.7 Å². The van der Waals surface area contributed by atoms with E-state index in [1.165, 1.54) is 11.1 Å². The number of rotatable bonds is 11. The Morgan fingerprint density at radius 1 is 1.20 bits per heavy atom. The van der Waals surface area contributed by atoms with Crippen LogP contribution in [0.2, 0.25) is 0 Å². The highest BCUT2D eigenvalue weighted by molar-refractivity contribution is 7.16. The lowest BCUT2D eigenvalue weighted by molar-refractivity contribution is 0.138. The molecule has 8 heteroatoms. The van der Waals surface area contributed by atoms with Gasteiger partial charge in [-0.2, -0.15) is 0 Å². The smallest absolute Gasteiger partial charge is 0.305 e. The van der Waals surface area contributed by atoms with E-state index in [0.29, 0.717) is 35.8 Å². The van der Waals surface area contributed by atoms with Gasteiger partial charge in [-0.3, -0.25) is 10.1 Å². The Kier molecular flexibility index (Phi) is 8.01. The topological polar surface area (TPSA) is 107 Å². The first kappa shape index (κ1) is 22.5. The van der Waals surface area contributed by atoms with Gasteiger partial charge in [-0.05, 0) is 36.1 Å². The Morgan fingerprint density at radius 3 is 2.80 bits per heavy atom. The molecule has 1 aromatic heterocycles. The van der Waals surface area contributed by atoms with Gasteiger partial charge in [-0.15, -0.1) is 0 Å². The molecular formula is C22H29N3O4S. The number of methoxy groups -OCH3 is 1. The first-order valence-electron chi connectivity index (χ1n) is 10.0. The molecule has 2 atom stereocenters. The zero-order chi connectivity index (χ0) is 21.5. The second-order valence-corrected chi connectivity index (χ2v) is 8.43. The van der Waals surface area contributed by atoms with E-state index in [-0.39, 0.29) is 10.6 Å². The number of benzene rings is 2. The predicted molar refractivity (Wildman–Crippen MR) is 120 cm³/mol. The van der Waals surface area contributed by atoms with Crippen LogP contribution in [0.1, 0.15) is 23.6 Å². The molecule has 0 fully saturated rings. The summed E-state index contributed by atoms with van der Waals surface area (Å²) in [6, 6.07) is 12.0. The van der Waals surface area contributed by atoms with Crippen molar-refractivity contribution in [2.45, 2.75) is 38.6 Å². The number of H-pyrrole nitrogens is 1. The van der Waals surface area contributed by atoms with Gasteiger partial charge in [-0.25, -0.2) is 0 Å². The molecule has 0 spiro atoms. The van der Waals surface area contributed by atoms with E-state index < -0.39 is 6.23 Å². The van der Waals surface area contributed by atoms with Gasteiger partial charge in [0.05, 0.1) is 11.3 Å². The minimum atomic E-state index is -0.741. The molecule has 2 unspecified atom stereocenters. The molecule has 3 aromatic rings. The summed E-state index contributed by atoms with van der Waals surface area (Å²) in [5, 5.41) is 26.8. The normalized spacial score (nSPS) is 13.6. The number of phenols is 1. The summed E-state index contributed by atoms with van der Waals surface area (Å²) >= 11 is 1.04. The Balaban J connectivity index is 1.50. The Hall–Kier alpha value is -2.23. The number of fused-ring (bicyclic) bond motifs is 1. The van der Waals surface area contributed by atoms with E-state index in [1.807, 2.05) is 6.07 Å². The number of phenolic OH excluding ortho intramolecular Hbond substituents is 1. The molecule has 3 rings (SSSR count). The summed E-state index contributed by atoms with van der Waals surface area (Å²) in [4.78, 5) is 14.0. The summed E-state index contributed by atoms with van der Waals surface area (Å²) in [7, 11) is 1.70. The van der Waals surface area contributed by atoms with Crippen molar-refractivity contribution in [3.05, 3.63) is 62.8 Å². The fourth-order valence-corrected chi connectivity index (χ4v) is 4.27. The van der Waals surface area contributed by atoms with Gasteiger partial charge in [0.15, 0.2) is 0 Å². The Bertz CT molecular complexity index is 1020. The number of aromatic amines is 1. The zero-order valence-electron chi connectivity index (χ0n) is 17.3. The molecule has 0 amide bonds. The van der Waals surface area contributed by atoms with Crippen molar-refractivity contribution >= 4 is 21.6 Å². The number of aliphatic hydroxyl groups is 1. The number of aliphatic hydroxyl groups excluding tert-OH is 1. The van der Waals surface area contributed by atoms with Gasteiger partial charge in [0.25, 0.3) is 0 Å². The molecule has 0 aliphatic rings. The number of aromatic hydroxyl groups is 1. The third kappa shape index (κ3) is 6.13. The maximum atomic E-state index is 11.6. The second-order valence-electron chi connectivity index (χ2n) is 7.44. The number of thiazole rings is 1. The second kappa shape index (κ2) is 10.7. The molecule has 0 aliphatic heterocycles. The van der Waals surface area contributed by atoms with Crippen LogP contribution in [0.4, 0.5) is 0 Å². The highest BCUT2D eigenvalue weighted by atomic mass is 32.1. The van der Waals surface area contributed by atoms with Crippen LogP contribution in [-0.4, -0.2) is 47.7 Å². The average molecular weight is 432 g/mol. The predicted octanol–water partition coefficient (Wildman–Crippen LogP) is 2.11. The summed E-state index contributed by atoms with van der Waals surface area (Å²) in [5.41, 5.74) is 3.67. The molecule has 1 heterocycles. The fraction of sp³-hybridized carbons (Fsp3) is 0.409. The van der Waals surface area contributed by atoms with E-state index in [9.17, 15) is 15.0 Å². The molecule has 0 bridgehead atoms. The largest absolute Gasteiger partial charge is 0.506 e. The fourth-order valence-electron chi connectivity index (χ4n) is 3.39. The van der Waals surface area contributed by atoms with E-state index in [4.69, 9.17) is 4.74 Å². The monoisotopic (exact) mass is 431 g/mol. The van der Waals surface area contributed by atoms with Gasteiger partial charge >= 0.3 is 4.87 Å². The number of aromatic nitrogens is 1. The molecule has 162 valence electrons. The molecule has 2 aromatic carbocycles. The number of hydrogen-bond donors (Lipinski definition) is 5. The molecule has 30 heavy (non-hydrogen) atoms. The standard InChI is InChI=1S/C22H29N3O4S/c1-14(13-29-2)24-12-16-5-3-4-15(10-16)8-9-23-19(27)11-17-6-7-18(26)20-21(17)30-22(28)25-20/h3-7,10,14,19,23-24,26-27H,8-9,11-13H2,1-2H3,(H,25,28). The van der Waals surface area contributed by atoms with Gasteiger partial charge in [0, 0.05) is 32.7 Å². The quantitative estimate of drug-likeness (QED) is 0.298. The van der Waals surface area contributed by atoms with Crippen LogP contribution in [0, 0.1) is 0 Å². The molecule has 0 aliphatic carbocycles. The van der Waals surface area contributed by atoms with Crippen LogP contribution >= 0.6 is 11.3 Å². The Labute approximate surface area is 179 Å². The summed E-state index contributed by atoms with van der Waals surface area (Å²) in [6.07, 6.45) is 0.405. The molecule has 0 radical (unpaired) electrons. The van der Waals surface area contributed by atoms with Gasteiger partial charge in [0.1, 0.15) is 17.5 Å². The van der Waals surface area contributed by atoms with Crippen LogP contribution in [0.15, 0.2) is 41.2 Å². The van der Waals surface area contributed by atoms with E-state index >= 15 is 0 Å². The van der Waals surface area contributed by atoms with Crippen molar-refractivity contribution in [3.8, 4) is 5.75 Å². The van der Waals surface area contributed by atoms with Crippen LogP contribution < -0.4 is 15.5 Å². The van der Waals surface area contributed by atoms with E-state index in [1.54, 1.807) is 19.2 Å². The third-order valence-electron chi connectivity index (χ3n) is 4.91. The van der Waals surface area contributed by atoms with Crippen LogP contribution in [0.5, 0.6) is 5.75 Å². The molecule has 0 saturated carbocycles. The molecule has 0 saturated heterocycles. The van der Waals surface area contributed by atoms with E-state index in [0.717, 1.165) is 29.9 Å². The number of hydrogen-bond acceptors (Lipinski definition) is 7. The van der Waals surface area contributed by atoms with Crippen molar-refractivity contribution in [2.24, 2.45) is 0 Å². The molecule has 7 nitrogen and oxygen atoms in total. The maximum Gasteiger partial charge on any atom is 0.305 e. The Morgan fingerprint density at radius 2 is 2.00 bits per heavy atom. The number of nitrogens with one attached hydrogen (secondary N) is 3. The van der Waals surface area contributed by atoms with Crippen molar-refractivity contribution < 1.29 is 14.9 Å². The SMILES string of the molecule is COCC(C)NCc1cccc(CCNC(O)Cc2ccc(O)c3[nH]c(=O)sc23)c1. The van der Waals surface area contributed by atoms with Gasteiger partial charge in [-0.1, -0.05) is 41.7 Å². The molecular weight excluding hydrogens is 402 g/mol. The zero-order valence-corrected chi connectivity index (χ0v) is 18.1. The van der Waals surface area contributed by atoms with Crippen molar-refractivity contribution in [3.63, 3.8) is 0 Å². The summed E-state index contributed by atoms with van der Waals surface area (Å²) < 4.78 is 5.83. The van der Waals surface area contributed by atoms with Gasteiger partial charge < -0.3 is 25.3 Å². The van der Waals surface area contributed by atoms with Crippen LogP contribution in [-0.2, 0) is 24.1 Å². The lowest BCUT2D eigenvalue weighted by Gasteiger charge is -2.15. The highest BCUT2D eigenvalue weighted by Crippen LogP contribution is 2.28. The third-order valence-corrected chi connectivity index (χ3v) is 5.87. The van der Waals surface area contributed by atoms with Crippen molar-refractivity contribution in [1.82, 2.24) is 15.6 Å². The van der Waals surface area contributed by atoms with Crippen LogP contribution in [0.3, 0.4) is 0 Å². The first-order chi connectivity index (χ1) is 14.5. The number of ether oxygens (including phenoxy) is 1. The summed E-state index contributed by atoms with van der Waals surface area (Å²) in [5.74, 6) is 0.0422. The highest BCUT2D eigenvalue weighted by Gasteiger charge is 2.13. The van der Waals surface area contributed by atoms with Crippen molar-refractivity contribution in [2.75, 3.05) is 20.3 Å². The minimum absolute atomic E-state index is 0.0422.